The lowest BCUT2D eigenvalue weighted by Gasteiger charge is -2.33. The van der Waals surface area contributed by atoms with Crippen molar-refractivity contribution in [3.8, 4) is 45.3 Å². The van der Waals surface area contributed by atoms with E-state index in [2.05, 4.69) is 84.9 Å². The van der Waals surface area contributed by atoms with E-state index in [1.807, 2.05) is 30.3 Å². The van der Waals surface area contributed by atoms with Gasteiger partial charge in [-0.3, -0.25) is 0 Å². The molecule has 33 heavy (non-hydrogen) atoms. The normalized spacial score (nSPS) is 12.7. The number of fused-ring (bicyclic) bond motifs is 4. The van der Waals surface area contributed by atoms with E-state index in [0.29, 0.717) is 0 Å². The second-order valence-electron chi connectivity index (χ2n) is 8.54. The summed E-state index contributed by atoms with van der Waals surface area (Å²) in [6.45, 7) is 0.0519. The van der Waals surface area contributed by atoms with Crippen molar-refractivity contribution in [2.45, 2.75) is 0 Å². The summed E-state index contributed by atoms with van der Waals surface area (Å²) in [4.78, 5) is 0. The van der Waals surface area contributed by atoms with Crippen LogP contribution in [0.4, 0.5) is 0 Å². The molecule has 3 heteroatoms. The van der Waals surface area contributed by atoms with Crippen molar-refractivity contribution in [1.82, 2.24) is 0 Å². The molecule has 0 unspecified atom stereocenters. The molecule has 2 nitrogen and oxygen atoms in total. The molecule has 0 aromatic heterocycles. The van der Waals surface area contributed by atoms with Crippen LogP contribution in [-0.2, 0) is 0 Å². The van der Waals surface area contributed by atoms with Gasteiger partial charge in [0.2, 0.25) is 0 Å². The number of rotatable bonds is 2. The molecule has 7 rings (SSSR count). The summed E-state index contributed by atoms with van der Waals surface area (Å²) >= 11 is 0. The first-order valence-electron chi connectivity index (χ1n) is 11.2. The molecule has 0 fully saturated rings. The Morgan fingerprint density at radius 1 is 0.394 bits per heavy atom. The van der Waals surface area contributed by atoms with Crippen LogP contribution in [0.5, 0.6) is 23.0 Å². The lowest BCUT2D eigenvalue weighted by molar-refractivity contribution is 0.464. The van der Waals surface area contributed by atoms with E-state index in [9.17, 15) is 0 Å². The van der Waals surface area contributed by atoms with Gasteiger partial charge in [0.25, 0.3) is 6.71 Å². The van der Waals surface area contributed by atoms with Crippen LogP contribution in [0.3, 0.4) is 0 Å². The third-order valence-electron chi connectivity index (χ3n) is 6.61. The Kier molecular flexibility index (Phi) is 3.97. The maximum absolute atomic E-state index is 6.37. The molecule has 154 valence electrons. The third kappa shape index (κ3) is 2.90. The van der Waals surface area contributed by atoms with Gasteiger partial charge in [-0.25, -0.2) is 0 Å². The molecule has 0 bridgehead atoms. The lowest BCUT2D eigenvalue weighted by Crippen LogP contribution is -2.57. The van der Waals surface area contributed by atoms with E-state index in [1.54, 1.807) is 0 Å². The van der Waals surface area contributed by atoms with Gasteiger partial charge in [0.15, 0.2) is 0 Å². The highest BCUT2D eigenvalue weighted by atomic mass is 16.5. The zero-order valence-electron chi connectivity index (χ0n) is 17.9. The Morgan fingerprint density at radius 3 is 1.36 bits per heavy atom. The Bertz CT molecular complexity index is 1400. The Hall–Kier alpha value is -4.24. The monoisotopic (exact) mass is 422 g/mol. The molecule has 0 saturated heterocycles. The van der Waals surface area contributed by atoms with E-state index in [0.717, 1.165) is 28.5 Å². The van der Waals surface area contributed by atoms with Gasteiger partial charge >= 0.3 is 0 Å². The van der Waals surface area contributed by atoms with Crippen molar-refractivity contribution >= 4 is 23.1 Å². The van der Waals surface area contributed by atoms with E-state index >= 15 is 0 Å². The molecule has 0 radical (unpaired) electrons. The Labute approximate surface area is 193 Å². The van der Waals surface area contributed by atoms with Gasteiger partial charge in [-0.2, -0.15) is 0 Å². The molecule has 0 atom stereocenters. The quantitative estimate of drug-likeness (QED) is 0.331. The van der Waals surface area contributed by atoms with E-state index in [4.69, 9.17) is 9.47 Å². The second kappa shape index (κ2) is 7.14. The molecule has 2 aliphatic heterocycles. The highest BCUT2D eigenvalue weighted by Crippen LogP contribution is 2.36. The first-order chi connectivity index (χ1) is 16.3. The first kappa shape index (κ1) is 18.3. The summed E-state index contributed by atoms with van der Waals surface area (Å²) < 4.78 is 12.7. The average molecular weight is 422 g/mol. The molecular weight excluding hydrogens is 403 g/mol. The zero-order chi connectivity index (χ0) is 21.8. The van der Waals surface area contributed by atoms with Gasteiger partial charge in [0, 0.05) is 5.46 Å². The van der Waals surface area contributed by atoms with Crippen LogP contribution in [0.1, 0.15) is 0 Å². The summed E-state index contributed by atoms with van der Waals surface area (Å²) in [6.07, 6.45) is 0. The summed E-state index contributed by atoms with van der Waals surface area (Å²) in [5.74, 6) is 3.55. The van der Waals surface area contributed by atoms with Gasteiger partial charge in [-0.15, -0.1) is 0 Å². The summed E-state index contributed by atoms with van der Waals surface area (Å²) in [7, 11) is 0. The van der Waals surface area contributed by atoms with Crippen LogP contribution in [0, 0.1) is 0 Å². The molecule has 0 aliphatic carbocycles. The van der Waals surface area contributed by atoms with Crippen molar-refractivity contribution in [2.75, 3.05) is 0 Å². The van der Waals surface area contributed by atoms with Crippen molar-refractivity contribution in [1.29, 1.82) is 0 Å². The minimum Gasteiger partial charge on any atom is -0.458 e. The Morgan fingerprint density at radius 2 is 0.879 bits per heavy atom. The van der Waals surface area contributed by atoms with Crippen LogP contribution >= 0.6 is 0 Å². The molecule has 0 amide bonds. The van der Waals surface area contributed by atoms with Crippen LogP contribution in [-0.4, -0.2) is 6.71 Å². The van der Waals surface area contributed by atoms with Crippen molar-refractivity contribution in [3.05, 3.63) is 115 Å². The topological polar surface area (TPSA) is 18.5 Å². The molecule has 0 saturated carbocycles. The Balaban J connectivity index is 1.46. The van der Waals surface area contributed by atoms with Gasteiger partial charge in [-0.1, -0.05) is 91.0 Å². The molecule has 0 spiro atoms. The smallest absolute Gasteiger partial charge is 0.260 e. The molecule has 2 aliphatic rings. The third-order valence-corrected chi connectivity index (χ3v) is 6.61. The number of ether oxygens (including phenoxy) is 2. The van der Waals surface area contributed by atoms with Crippen molar-refractivity contribution < 1.29 is 9.47 Å². The zero-order valence-corrected chi connectivity index (χ0v) is 17.9. The van der Waals surface area contributed by atoms with Crippen molar-refractivity contribution in [2.24, 2.45) is 0 Å². The lowest BCUT2D eigenvalue weighted by atomic mass is 9.34. The van der Waals surface area contributed by atoms with Gasteiger partial charge < -0.3 is 9.47 Å². The SMILES string of the molecule is c1ccc(-c2ccc3c(c2)B2c4cc(-c5ccccc5)ccc4Oc4cccc(c42)O3)cc1. The minimum absolute atomic E-state index is 0.0519. The highest BCUT2D eigenvalue weighted by molar-refractivity contribution is 6.98. The average Bonchev–Trinajstić information content (AvgIpc) is 2.89. The fourth-order valence-electron chi connectivity index (χ4n) is 5.06. The summed E-state index contributed by atoms with van der Waals surface area (Å²) in [5.41, 5.74) is 8.22. The van der Waals surface area contributed by atoms with Crippen LogP contribution < -0.4 is 25.9 Å². The molecule has 0 N–H and O–H groups in total. The first-order valence-corrected chi connectivity index (χ1v) is 11.2. The largest absolute Gasteiger partial charge is 0.458 e. The van der Waals surface area contributed by atoms with Crippen molar-refractivity contribution in [3.63, 3.8) is 0 Å². The summed E-state index contributed by atoms with van der Waals surface area (Å²) in [6, 6.07) is 40.1. The molecule has 5 aromatic rings. The van der Waals surface area contributed by atoms with E-state index < -0.39 is 0 Å². The highest BCUT2D eigenvalue weighted by Gasteiger charge is 2.40. The predicted octanol–water partition coefficient (Wildman–Crippen LogP) is 5.75. The van der Waals surface area contributed by atoms with E-state index in [-0.39, 0.29) is 6.71 Å². The van der Waals surface area contributed by atoms with Crippen LogP contribution in [0.2, 0.25) is 0 Å². The molecule has 2 heterocycles. The van der Waals surface area contributed by atoms with Gasteiger partial charge in [-0.05, 0) is 57.4 Å². The second-order valence-corrected chi connectivity index (χ2v) is 8.54. The van der Waals surface area contributed by atoms with E-state index in [1.165, 1.54) is 33.2 Å². The standard InChI is InChI=1S/C30H19BO2/c1-3-8-20(9-4-1)22-14-16-26-24(18-22)31-25-19-23(21-10-5-2-6-11-21)15-17-27(25)33-29-13-7-12-28(32-26)30(29)31/h1-19H. The van der Waals surface area contributed by atoms with Gasteiger partial charge in [0.05, 0.1) is 0 Å². The molecule has 5 aromatic carbocycles. The maximum Gasteiger partial charge on any atom is 0.260 e. The minimum atomic E-state index is 0.0519. The summed E-state index contributed by atoms with van der Waals surface area (Å²) in [5, 5.41) is 0. The van der Waals surface area contributed by atoms with Crippen LogP contribution in [0.15, 0.2) is 115 Å². The number of hydrogen-bond acceptors (Lipinski definition) is 2. The van der Waals surface area contributed by atoms with Crippen LogP contribution in [0.25, 0.3) is 22.3 Å². The maximum atomic E-state index is 6.37. The number of hydrogen-bond donors (Lipinski definition) is 0. The number of benzene rings is 5. The van der Waals surface area contributed by atoms with Gasteiger partial charge in [0.1, 0.15) is 23.0 Å². The predicted molar refractivity (Wildman–Crippen MR) is 135 cm³/mol. The fraction of sp³-hybridized carbons (Fsp3) is 0. The fourth-order valence-corrected chi connectivity index (χ4v) is 5.06. The molecular formula is C30H19BO2.